The van der Waals surface area contributed by atoms with E-state index in [4.69, 9.17) is 0 Å². The molecule has 1 aliphatic rings. The van der Waals surface area contributed by atoms with Gasteiger partial charge in [0, 0.05) is 29.9 Å². The summed E-state index contributed by atoms with van der Waals surface area (Å²) in [5.41, 5.74) is 1.74. The maximum Gasteiger partial charge on any atom is 0.406 e. The molecule has 2 aromatic rings. The summed E-state index contributed by atoms with van der Waals surface area (Å²) in [5, 5.41) is 2.58. The number of alkyl carbamates (subject to hydrolysis) is 1. The fraction of sp³-hybridized carbons (Fsp3) is 0.500. The van der Waals surface area contributed by atoms with Gasteiger partial charge in [0.25, 0.3) is 0 Å². The van der Waals surface area contributed by atoms with Crippen LogP contribution in [0.5, 0.6) is 0 Å². The summed E-state index contributed by atoms with van der Waals surface area (Å²) >= 11 is 3.41. The number of likely N-dealkylation sites (tertiary alicyclic amines) is 1. The highest BCUT2D eigenvalue weighted by molar-refractivity contribution is 9.10. The van der Waals surface area contributed by atoms with Crippen molar-refractivity contribution in [3.63, 3.8) is 0 Å². The average Bonchev–Trinajstić information content (AvgIpc) is 3.44. The Morgan fingerprint density at radius 1 is 1.33 bits per heavy atom. The number of amides is 2. The lowest BCUT2D eigenvalue weighted by atomic mass is 10.1. The topological polar surface area (TPSA) is 96.6 Å². The Labute approximate surface area is 199 Å². The zero-order chi connectivity index (χ0) is 24.0. The molecule has 1 aliphatic heterocycles. The molecule has 3 atom stereocenters. The van der Waals surface area contributed by atoms with Crippen LogP contribution in [0, 0.1) is 11.8 Å². The second-order valence-corrected chi connectivity index (χ2v) is 9.04. The Balaban J connectivity index is 1.73. The van der Waals surface area contributed by atoms with Crippen LogP contribution in [0.3, 0.4) is 0 Å². The molecular formula is C22H27BrF2N4O4. The number of ether oxygens (including phenoxy) is 2. The molecule has 0 saturated carbocycles. The van der Waals surface area contributed by atoms with Gasteiger partial charge in [0.2, 0.25) is 5.91 Å². The zero-order valence-corrected chi connectivity index (χ0v) is 20.0. The van der Waals surface area contributed by atoms with Crippen molar-refractivity contribution >= 4 is 27.9 Å². The van der Waals surface area contributed by atoms with Crippen LogP contribution in [-0.2, 0) is 14.3 Å². The minimum absolute atomic E-state index is 0.136. The quantitative estimate of drug-likeness (QED) is 0.504. The van der Waals surface area contributed by atoms with Gasteiger partial charge in [0.05, 0.1) is 31.6 Å². The number of carbonyl (C=O) groups is 2. The third-order valence-electron chi connectivity index (χ3n) is 5.54. The van der Waals surface area contributed by atoms with Crippen molar-refractivity contribution in [1.29, 1.82) is 0 Å². The lowest BCUT2D eigenvalue weighted by Crippen LogP contribution is -2.35. The third-order valence-corrected chi connectivity index (χ3v) is 6.06. The average molecular weight is 529 g/mol. The molecule has 1 fully saturated rings. The van der Waals surface area contributed by atoms with Gasteiger partial charge in [-0.15, -0.1) is 0 Å². The van der Waals surface area contributed by atoms with E-state index in [2.05, 4.69) is 40.7 Å². The molecule has 33 heavy (non-hydrogen) atoms. The highest BCUT2D eigenvalue weighted by Crippen LogP contribution is 2.36. The van der Waals surface area contributed by atoms with Crippen LogP contribution in [0.4, 0.5) is 13.6 Å². The molecule has 1 aromatic heterocycles. The molecule has 1 aromatic carbocycles. The minimum Gasteiger partial charge on any atom is -0.453 e. The fourth-order valence-electron chi connectivity index (χ4n) is 3.89. The van der Waals surface area contributed by atoms with Gasteiger partial charge in [-0.1, -0.05) is 35.0 Å². The molecule has 0 bridgehead atoms. The Morgan fingerprint density at radius 2 is 2.06 bits per heavy atom. The highest BCUT2D eigenvalue weighted by Gasteiger charge is 2.38. The summed E-state index contributed by atoms with van der Waals surface area (Å²) in [6, 6.07) is 7.34. The summed E-state index contributed by atoms with van der Waals surface area (Å²) in [7, 11) is 1.27. The van der Waals surface area contributed by atoms with E-state index < -0.39 is 12.7 Å². The fourth-order valence-corrected chi connectivity index (χ4v) is 4.15. The number of alkyl halides is 2. The van der Waals surface area contributed by atoms with Crippen molar-refractivity contribution < 1.29 is 27.8 Å². The number of benzene rings is 1. The van der Waals surface area contributed by atoms with E-state index in [9.17, 15) is 18.4 Å². The predicted molar refractivity (Wildman–Crippen MR) is 120 cm³/mol. The number of aromatic nitrogens is 2. The van der Waals surface area contributed by atoms with Crippen LogP contribution in [0.15, 0.2) is 34.9 Å². The molecule has 3 unspecified atom stereocenters. The van der Waals surface area contributed by atoms with Gasteiger partial charge in [-0.2, -0.15) is 8.78 Å². The first-order chi connectivity index (χ1) is 15.8. The van der Waals surface area contributed by atoms with Gasteiger partial charge in [-0.25, -0.2) is 9.78 Å². The maximum absolute atomic E-state index is 13.1. The normalized spacial score (nSPS) is 19.0. The first-order valence-corrected chi connectivity index (χ1v) is 11.4. The minimum atomic E-state index is -2.86. The van der Waals surface area contributed by atoms with E-state index in [1.165, 1.54) is 7.11 Å². The molecule has 11 heteroatoms. The molecule has 3 rings (SSSR count). The number of methoxy groups -OCH3 is 1. The number of aromatic amines is 1. The van der Waals surface area contributed by atoms with E-state index in [0.29, 0.717) is 18.8 Å². The summed E-state index contributed by atoms with van der Waals surface area (Å²) < 4.78 is 35.2. The van der Waals surface area contributed by atoms with E-state index >= 15 is 0 Å². The molecular weight excluding hydrogens is 502 g/mol. The standard InChI is InChI=1S/C22H27BrF2N4O4/c1-13(9-27-22(31)32-2)7-19(30)29-11-14(12-33-21(24)25)8-18(29)20-26-10-17(28-20)15-3-5-16(23)6-4-15/h3-6,10,13-14,18,21H,7-9,11-12H2,1-2H3,(H,26,28)(H,27,31). The second kappa shape index (κ2) is 11.6. The molecule has 0 radical (unpaired) electrons. The van der Waals surface area contributed by atoms with Crippen molar-refractivity contribution in [2.45, 2.75) is 32.4 Å². The lowest BCUT2D eigenvalue weighted by Gasteiger charge is -2.25. The predicted octanol–water partition coefficient (Wildman–Crippen LogP) is 4.35. The number of nitrogens with one attached hydrogen (secondary N) is 2. The van der Waals surface area contributed by atoms with Crippen molar-refractivity contribution in [3.05, 3.63) is 40.8 Å². The van der Waals surface area contributed by atoms with Gasteiger partial charge in [0.15, 0.2) is 0 Å². The Bertz CT molecular complexity index is 941. The van der Waals surface area contributed by atoms with Crippen LogP contribution in [0.1, 0.15) is 31.6 Å². The maximum atomic E-state index is 13.1. The molecule has 8 nitrogen and oxygen atoms in total. The van der Waals surface area contributed by atoms with Crippen molar-refractivity contribution in [2.75, 3.05) is 26.8 Å². The summed E-state index contributed by atoms with van der Waals surface area (Å²) in [6.45, 7) is -0.581. The van der Waals surface area contributed by atoms with E-state index in [1.54, 1.807) is 11.1 Å². The number of carbonyl (C=O) groups excluding carboxylic acids is 2. The molecule has 1 saturated heterocycles. The summed E-state index contributed by atoms with van der Waals surface area (Å²) in [4.78, 5) is 33.8. The first kappa shape index (κ1) is 25.1. The summed E-state index contributed by atoms with van der Waals surface area (Å²) in [5.74, 6) is 0.0858. The van der Waals surface area contributed by atoms with Crippen LogP contribution in [0.2, 0.25) is 0 Å². The molecule has 0 aliphatic carbocycles. The van der Waals surface area contributed by atoms with Gasteiger partial charge in [0.1, 0.15) is 5.82 Å². The van der Waals surface area contributed by atoms with Crippen LogP contribution < -0.4 is 5.32 Å². The molecule has 2 amide bonds. The Morgan fingerprint density at radius 3 is 2.73 bits per heavy atom. The lowest BCUT2D eigenvalue weighted by molar-refractivity contribution is -0.138. The number of hydrogen-bond donors (Lipinski definition) is 2. The number of rotatable bonds is 9. The largest absolute Gasteiger partial charge is 0.453 e. The SMILES string of the molecule is COC(=O)NCC(C)CC(=O)N1CC(COC(F)F)CC1c1ncc(-c2ccc(Br)cc2)[nH]1. The number of nitrogens with zero attached hydrogens (tertiary/aromatic N) is 2. The van der Waals surface area contributed by atoms with Crippen LogP contribution >= 0.6 is 15.9 Å². The van der Waals surface area contributed by atoms with Gasteiger partial charge in [-0.05, 0) is 30.0 Å². The van der Waals surface area contributed by atoms with E-state index in [0.717, 1.165) is 15.7 Å². The van der Waals surface area contributed by atoms with E-state index in [-0.39, 0.29) is 43.4 Å². The molecule has 2 heterocycles. The number of H-pyrrole nitrogens is 1. The first-order valence-electron chi connectivity index (χ1n) is 10.6. The number of halogens is 3. The van der Waals surface area contributed by atoms with Gasteiger partial charge < -0.3 is 24.7 Å². The Kier molecular flexibility index (Phi) is 8.79. The molecule has 2 N–H and O–H groups in total. The van der Waals surface area contributed by atoms with Crippen molar-refractivity contribution in [1.82, 2.24) is 20.2 Å². The number of hydrogen-bond acceptors (Lipinski definition) is 5. The van der Waals surface area contributed by atoms with Gasteiger partial charge >= 0.3 is 12.7 Å². The highest BCUT2D eigenvalue weighted by atomic mass is 79.9. The molecule has 0 spiro atoms. The van der Waals surface area contributed by atoms with Crippen molar-refractivity contribution in [3.8, 4) is 11.3 Å². The monoisotopic (exact) mass is 528 g/mol. The van der Waals surface area contributed by atoms with Crippen LogP contribution in [-0.4, -0.2) is 60.3 Å². The third kappa shape index (κ3) is 6.97. The number of imidazole rings is 1. The summed E-state index contributed by atoms with van der Waals surface area (Å²) in [6.07, 6.45) is 1.78. The zero-order valence-electron chi connectivity index (χ0n) is 18.4. The van der Waals surface area contributed by atoms with Gasteiger partial charge in [-0.3, -0.25) is 4.79 Å². The smallest absolute Gasteiger partial charge is 0.406 e. The Hall–Kier alpha value is -2.53. The van der Waals surface area contributed by atoms with E-state index in [1.807, 2.05) is 31.2 Å². The van der Waals surface area contributed by atoms with Crippen molar-refractivity contribution in [2.24, 2.45) is 11.8 Å². The second-order valence-electron chi connectivity index (χ2n) is 8.13. The molecule has 180 valence electrons. The van der Waals surface area contributed by atoms with Crippen LogP contribution in [0.25, 0.3) is 11.3 Å².